The summed E-state index contributed by atoms with van der Waals surface area (Å²) in [5.74, 6) is 0.615. The molecule has 1 aliphatic carbocycles. The van der Waals surface area contributed by atoms with Gasteiger partial charge in [0, 0.05) is 31.6 Å². The molecule has 0 radical (unpaired) electrons. The molecule has 1 unspecified atom stereocenters. The zero-order valence-corrected chi connectivity index (χ0v) is 12.2. The summed E-state index contributed by atoms with van der Waals surface area (Å²) in [6.45, 7) is 3.40. The van der Waals surface area contributed by atoms with Crippen molar-refractivity contribution in [1.29, 1.82) is 0 Å². The van der Waals surface area contributed by atoms with Crippen LogP contribution in [-0.2, 0) is 17.8 Å². The van der Waals surface area contributed by atoms with Gasteiger partial charge in [0.1, 0.15) is 0 Å². The molecule has 0 spiro atoms. The van der Waals surface area contributed by atoms with Crippen molar-refractivity contribution < 1.29 is 4.79 Å². The summed E-state index contributed by atoms with van der Waals surface area (Å²) in [6, 6.07) is 16.7. The van der Waals surface area contributed by atoms with E-state index < -0.39 is 0 Å². The highest BCUT2D eigenvalue weighted by Gasteiger charge is 2.24. The second-order valence-corrected chi connectivity index (χ2v) is 5.61. The molecule has 1 atom stereocenters. The highest BCUT2D eigenvalue weighted by atomic mass is 16.1. The Balaban J connectivity index is 1.47. The molecule has 21 heavy (non-hydrogen) atoms. The number of carbonyl (C=O) groups excluding carboxylic acids is 1. The van der Waals surface area contributed by atoms with Crippen molar-refractivity contribution in [2.75, 3.05) is 11.9 Å². The minimum atomic E-state index is -0.0375. The molecule has 0 aromatic heterocycles. The van der Waals surface area contributed by atoms with Crippen molar-refractivity contribution in [2.24, 2.45) is 0 Å². The third-order valence-electron chi connectivity index (χ3n) is 3.96. The van der Waals surface area contributed by atoms with Crippen molar-refractivity contribution in [3.05, 3.63) is 65.2 Å². The normalized spacial score (nSPS) is 16.0. The van der Waals surface area contributed by atoms with Gasteiger partial charge >= 0.3 is 0 Å². The first-order chi connectivity index (χ1) is 10.2. The fourth-order valence-electron chi connectivity index (χ4n) is 2.84. The number of benzene rings is 2. The van der Waals surface area contributed by atoms with E-state index in [0.717, 1.165) is 18.8 Å². The highest BCUT2D eigenvalue weighted by molar-refractivity contribution is 5.88. The van der Waals surface area contributed by atoms with Gasteiger partial charge in [-0.05, 0) is 35.2 Å². The standard InChI is InChI=1S/C18H20N2O/c1-13(21)20-17-8-6-14(7-9-17)11-19-12-16-10-15-4-2-3-5-18(15)16/h2-9,16,19H,10-12H2,1H3,(H,20,21). The summed E-state index contributed by atoms with van der Waals surface area (Å²) in [4.78, 5) is 11.0. The van der Waals surface area contributed by atoms with Gasteiger partial charge in [0.15, 0.2) is 0 Å². The maximum atomic E-state index is 11.0. The lowest BCUT2D eigenvalue weighted by molar-refractivity contribution is -0.114. The molecular weight excluding hydrogens is 260 g/mol. The summed E-state index contributed by atoms with van der Waals surface area (Å²) >= 11 is 0. The first-order valence-electron chi connectivity index (χ1n) is 7.37. The first kappa shape index (κ1) is 13.8. The van der Waals surface area contributed by atoms with Crippen LogP contribution < -0.4 is 10.6 Å². The number of fused-ring (bicyclic) bond motifs is 1. The van der Waals surface area contributed by atoms with Gasteiger partial charge in [0.25, 0.3) is 0 Å². The molecule has 1 aliphatic rings. The van der Waals surface area contributed by atoms with Crippen LogP contribution in [0.1, 0.15) is 29.5 Å². The smallest absolute Gasteiger partial charge is 0.221 e. The lowest BCUT2D eigenvalue weighted by Gasteiger charge is -2.30. The Labute approximate surface area is 125 Å². The van der Waals surface area contributed by atoms with Crippen molar-refractivity contribution in [3.63, 3.8) is 0 Å². The maximum absolute atomic E-state index is 11.0. The van der Waals surface area contributed by atoms with Crippen molar-refractivity contribution in [1.82, 2.24) is 5.32 Å². The Morgan fingerprint density at radius 1 is 1.14 bits per heavy atom. The van der Waals surface area contributed by atoms with E-state index in [0.29, 0.717) is 5.92 Å². The maximum Gasteiger partial charge on any atom is 0.221 e. The SMILES string of the molecule is CC(=O)Nc1ccc(CNCC2Cc3ccccc32)cc1. The van der Waals surface area contributed by atoms with E-state index in [-0.39, 0.29) is 5.91 Å². The Kier molecular flexibility index (Phi) is 4.02. The quantitative estimate of drug-likeness (QED) is 0.883. The number of rotatable bonds is 5. The molecule has 1 amide bonds. The molecule has 3 nitrogen and oxygen atoms in total. The third kappa shape index (κ3) is 3.31. The molecule has 3 heteroatoms. The molecule has 2 aromatic rings. The number of hydrogen-bond acceptors (Lipinski definition) is 2. The molecule has 0 saturated carbocycles. The minimum Gasteiger partial charge on any atom is -0.326 e. The fraction of sp³-hybridized carbons (Fsp3) is 0.278. The van der Waals surface area contributed by atoms with Gasteiger partial charge in [-0.1, -0.05) is 36.4 Å². The van der Waals surface area contributed by atoms with E-state index in [1.165, 1.54) is 30.0 Å². The van der Waals surface area contributed by atoms with Crippen molar-refractivity contribution in [3.8, 4) is 0 Å². The van der Waals surface area contributed by atoms with E-state index in [1.54, 1.807) is 0 Å². The fourth-order valence-corrected chi connectivity index (χ4v) is 2.84. The van der Waals surface area contributed by atoms with E-state index in [4.69, 9.17) is 0 Å². The predicted octanol–water partition coefficient (Wildman–Crippen LogP) is 3.07. The summed E-state index contributed by atoms with van der Waals surface area (Å²) < 4.78 is 0. The van der Waals surface area contributed by atoms with Gasteiger partial charge in [0.2, 0.25) is 5.91 Å². The Hall–Kier alpha value is -2.13. The summed E-state index contributed by atoms with van der Waals surface area (Å²) in [5, 5.41) is 6.29. The molecule has 0 heterocycles. The van der Waals surface area contributed by atoms with Crippen molar-refractivity contribution in [2.45, 2.75) is 25.8 Å². The van der Waals surface area contributed by atoms with Gasteiger partial charge in [-0.15, -0.1) is 0 Å². The van der Waals surface area contributed by atoms with Gasteiger partial charge in [-0.2, -0.15) is 0 Å². The Morgan fingerprint density at radius 3 is 2.62 bits per heavy atom. The van der Waals surface area contributed by atoms with Crippen LogP contribution in [0.25, 0.3) is 0 Å². The third-order valence-corrected chi connectivity index (χ3v) is 3.96. The molecule has 0 saturated heterocycles. The zero-order valence-electron chi connectivity index (χ0n) is 12.2. The van der Waals surface area contributed by atoms with Crippen LogP contribution in [0.4, 0.5) is 5.69 Å². The molecule has 0 fully saturated rings. The lowest BCUT2D eigenvalue weighted by Crippen LogP contribution is -2.28. The number of anilines is 1. The van der Waals surface area contributed by atoms with Crippen LogP contribution in [0, 0.1) is 0 Å². The number of hydrogen-bond donors (Lipinski definition) is 2. The van der Waals surface area contributed by atoms with E-state index in [9.17, 15) is 4.79 Å². The summed E-state index contributed by atoms with van der Waals surface area (Å²) in [7, 11) is 0. The Morgan fingerprint density at radius 2 is 1.90 bits per heavy atom. The lowest BCUT2D eigenvalue weighted by atomic mass is 9.77. The topological polar surface area (TPSA) is 41.1 Å². The molecule has 2 aromatic carbocycles. The van der Waals surface area contributed by atoms with Crippen molar-refractivity contribution >= 4 is 11.6 Å². The van der Waals surface area contributed by atoms with Gasteiger partial charge in [-0.3, -0.25) is 4.79 Å². The minimum absolute atomic E-state index is 0.0375. The van der Waals surface area contributed by atoms with Crippen LogP contribution >= 0.6 is 0 Å². The molecule has 2 N–H and O–H groups in total. The van der Waals surface area contributed by atoms with E-state index in [2.05, 4.69) is 34.9 Å². The first-order valence-corrected chi connectivity index (χ1v) is 7.37. The number of carbonyl (C=O) groups is 1. The second kappa shape index (κ2) is 6.10. The van der Waals surface area contributed by atoms with Gasteiger partial charge in [-0.25, -0.2) is 0 Å². The van der Waals surface area contributed by atoms with E-state index >= 15 is 0 Å². The van der Waals surface area contributed by atoms with E-state index in [1.807, 2.05) is 24.3 Å². The summed E-state index contributed by atoms with van der Waals surface area (Å²) in [5.41, 5.74) is 5.06. The number of amides is 1. The zero-order chi connectivity index (χ0) is 14.7. The van der Waals surface area contributed by atoms with Crippen LogP contribution in [0.3, 0.4) is 0 Å². The molecule has 108 valence electrons. The monoisotopic (exact) mass is 280 g/mol. The average molecular weight is 280 g/mol. The van der Waals surface area contributed by atoms with Crippen LogP contribution in [0.2, 0.25) is 0 Å². The second-order valence-electron chi connectivity index (χ2n) is 5.61. The largest absolute Gasteiger partial charge is 0.326 e. The molecule has 0 bridgehead atoms. The number of nitrogens with one attached hydrogen (secondary N) is 2. The Bertz CT molecular complexity index is 634. The van der Waals surface area contributed by atoms with Gasteiger partial charge < -0.3 is 10.6 Å². The van der Waals surface area contributed by atoms with Gasteiger partial charge in [0.05, 0.1) is 0 Å². The van der Waals surface area contributed by atoms with Crippen LogP contribution in [0.5, 0.6) is 0 Å². The van der Waals surface area contributed by atoms with Crippen LogP contribution in [0.15, 0.2) is 48.5 Å². The molecular formula is C18H20N2O. The van der Waals surface area contributed by atoms with Crippen LogP contribution in [-0.4, -0.2) is 12.5 Å². The highest BCUT2D eigenvalue weighted by Crippen LogP contribution is 2.33. The average Bonchev–Trinajstić information content (AvgIpc) is 2.45. The summed E-state index contributed by atoms with van der Waals surface area (Å²) in [6.07, 6.45) is 1.19. The predicted molar refractivity (Wildman–Crippen MR) is 85.3 cm³/mol. The molecule has 3 rings (SSSR count). The molecule has 0 aliphatic heterocycles.